The van der Waals surface area contributed by atoms with Crippen LogP contribution in [0.1, 0.15) is 28.1 Å². The first-order chi connectivity index (χ1) is 11.8. The Bertz CT molecular complexity index is 982. The number of halogens is 3. The van der Waals surface area contributed by atoms with Crippen LogP contribution in [0.5, 0.6) is 0 Å². The molecule has 6 heteroatoms. The second-order valence-corrected chi connectivity index (χ2v) is 5.83. The molecule has 0 unspecified atom stereocenters. The van der Waals surface area contributed by atoms with Gasteiger partial charge in [-0.15, -0.1) is 0 Å². The summed E-state index contributed by atoms with van der Waals surface area (Å²) >= 11 is 0. The highest BCUT2D eigenvalue weighted by molar-refractivity contribution is 5.90. The number of hydrogen-bond acceptors (Lipinski definition) is 2. The Morgan fingerprint density at radius 1 is 1.16 bits per heavy atom. The lowest BCUT2D eigenvalue weighted by molar-refractivity contribution is -0.137. The van der Waals surface area contributed by atoms with Crippen LogP contribution in [0, 0.1) is 25.2 Å². The zero-order chi connectivity index (χ0) is 18.2. The van der Waals surface area contributed by atoms with Crippen molar-refractivity contribution >= 4 is 22.7 Å². The van der Waals surface area contributed by atoms with Gasteiger partial charge in [0.05, 0.1) is 22.2 Å². The van der Waals surface area contributed by atoms with Gasteiger partial charge in [-0.25, -0.2) is 4.98 Å². The fourth-order valence-corrected chi connectivity index (χ4v) is 2.52. The van der Waals surface area contributed by atoms with Crippen LogP contribution in [0.15, 0.2) is 36.4 Å². The second kappa shape index (κ2) is 6.10. The summed E-state index contributed by atoms with van der Waals surface area (Å²) < 4.78 is 38.5. The largest absolute Gasteiger partial charge is 0.416 e. The Kier molecular flexibility index (Phi) is 4.09. The summed E-state index contributed by atoms with van der Waals surface area (Å²) in [5.74, 6) is 0.333. The summed E-state index contributed by atoms with van der Waals surface area (Å²) in [7, 11) is 0. The van der Waals surface area contributed by atoms with Crippen molar-refractivity contribution in [3.63, 3.8) is 0 Å². The number of nitriles is 1. The van der Waals surface area contributed by atoms with Crippen LogP contribution in [0.2, 0.25) is 0 Å². The van der Waals surface area contributed by atoms with Crippen molar-refractivity contribution in [1.82, 2.24) is 9.97 Å². The molecular formula is C19H14F3N3. The molecule has 0 spiro atoms. The number of nitrogens with zero attached hydrogens (tertiary/aromatic N) is 2. The molecule has 0 atom stereocenters. The average Bonchev–Trinajstić information content (AvgIpc) is 2.95. The molecule has 3 rings (SSSR count). The van der Waals surface area contributed by atoms with Crippen molar-refractivity contribution in [1.29, 1.82) is 5.26 Å². The highest BCUT2D eigenvalue weighted by Gasteiger charge is 2.30. The fourth-order valence-electron chi connectivity index (χ4n) is 2.52. The predicted octanol–water partition coefficient (Wildman–Crippen LogP) is 5.26. The molecule has 0 amide bonds. The van der Waals surface area contributed by atoms with Gasteiger partial charge >= 0.3 is 6.18 Å². The van der Waals surface area contributed by atoms with Crippen molar-refractivity contribution in [2.24, 2.45) is 0 Å². The van der Waals surface area contributed by atoms with Gasteiger partial charge in [0.1, 0.15) is 11.9 Å². The maximum atomic E-state index is 12.8. The maximum absolute atomic E-state index is 12.8. The number of aromatic amines is 1. The van der Waals surface area contributed by atoms with Crippen LogP contribution in [0.3, 0.4) is 0 Å². The predicted molar refractivity (Wildman–Crippen MR) is 90.5 cm³/mol. The van der Waals surface area contributed by atoms with Crippen LogP contribution >= 0.6 is 0 Å². The first-order valence-electron chi connectivity index (χ1n) is 7.54. The van der Waals surface area contributed by atoms with Crippen molar-refractivity contribution in [3.8, 4) is 6.07 Å². The van der Waals surface area contributed by atoms with Gasteiger partial charge < -0.3 is 4.98 Å². The molecule has 2 aromatic carbocycles. The minimum Gasteiger partial charge on any atom is -0.337 e. The first kappa shape index (κ1) is 16.8. The molecule has 1 aromatic heterocycles. The molecule has 0 fully saturated rings. The summed E-state index contributed by atoms with van der Waals surface area (Å²) in [5, 5.41) is 9.40. The van der Waals surface area contributed by atoms with Crippen LogP contribution in [0.4, 0.5) is 13.2 Å². The smallest absolute Gasteiger partial charge is 0.337 e. The molecule has 0 saturated heterocycles. The fraction of sp³-hybridized carbons (Fsp3) is 0.158. The quantitative estimate of drug-likeness (QED) is 0.646. The number of alkyl halides is 3. The molecule has 1 N–H and O–H groups in total. The molecule has 0 aliphatic heterocycles. The van der Waals surface area contributed by atoms with E-state index in [1.807, 2.05) is 32.0 Å². The number of nitrogens with one attached hydrogen (secondary N) is 1. The standard InChI is InChI=1S/C19H14F3N3/c1-11-6-16-17(7-12(11)2)25-18(24-16)14(10-23)8-13-4-3-5-15(9-13)19(20,21)22/h3-9H,1-2H3,(H,24,25)/b14-8+. The minimum atomic E-state index is -4.43. The average molecular weight is 341 g/mol. The molecule has 0 aliphatic carbocycles. The van der Waals surface area contributed by atoms with Crippen molar-refractivity contribution in [3.05, 3.63) is 64.5 Å². The van der Waals surface area contributed by atoms with Gasteiger partial charge in [0.25, 0.3) is 0 Å². The summed E-state index contributed by atoms with van der Waals surface area (Å²) in [5.41, 5.74) is 3.36. The summed E-state index contributed by atoms with van der Waals surface area (Å²) in [6.07, 6.45) is -3.03. The third-order valence-electron chi connectivity index (χ3n) is 4.00. The van der Waals surface area contributed by atoms with E-state index in [0.29, 0.717) is 16.9 Å². The molecule has 126 valence electrons. The van der Waals surface area contributed by atoms with E-state index in [1.54, 1.807) is 0 Å². The Balaban J connectivity index is 2.06. The van der Waals surface area contributed by atoms with Gasteiger partial charge in [0.2, 0.25) is 0 Å². The normalized spacial score (nSPS) is 12.4. The van der Waals surface area contributed by atoms with Gasteiger partial charge in [0.15, 0.2) is 0 Å². The number of imidazole rings is 1. The number of fused-ring (bicyclic) bond motifs is 1. The number of allylic oxidation sites excluding steroid dienone is 1. The van der Waals surface area contributed by atoms with Gasteiger partial charge in [-0.1, -0.05) is 12.1 Å². The van der Waals surface area contributed by atoms with Crippen LogP contribution in [-0.2, 0) is 6.18 Å². The topological polar surface area (TPSA) is 52.5 Å². The van der Waals surface area contributed by atoms with E-state index in [2.05, 4.69) is 9.97 Å². The van der Waals surface area contributed by atoms with E-state index in [1.165, 1.54) is 18.2 Å². The van der Waals surface area contributed by atoms with Crippen LogP contribution in [-0.4, -0.2) is 9.97 Å². The van der Waals surface area contributed by atoms with E-state index < -0.39 is 11.7 Å². The zero-order valence-corrected chi connectivity index (χ0v) is 13.6. The van der Waals surface area contributed by atoms with Gasteiger partial charge in [0, 0.05) is 0 Å². The van der Waals surface area contributed by atoms with Gasteiger partial charge in [-0.3, -0.25) is 0 Å². The highest BCUT2D eigenvalue weighted by atomic mass is 19.4. The van der Waals surface area contributed by atoms with E-state index >= 15 is 0 Å². The highest BCUT2D eigenvalue weighted by Crippen LogP contribution is 2.30. The molecule has 3 aromatic rings. The number of hydrogen-bond donors (Lipinski definition) is 1. The number of aromatic nitrogens is 2. The molecule has 1 heterocycles. The van der Waals surface area contributed by atoms with E-state index in [4.69, 9.17) is 0 Å². The molecule has 0 aliphatic rings. The zero-order valence-electron chi connectivity index (χ0n) is 13.6. The minimum absolute atomic E-state index is 0.172. The van der Waals surface area contributed by atoms with Crippen LogP contribution < -0.4 is 0 Å². The molecule has 0 bridgehead atoms. The lowest BCUT2D eigenvalue weighted by Gasteiger charge is -2.06. The second-order valence-electron chi connectivity index (χ2n) is 5.83. The molecule has 25 heavy (non-hydrogen) atoms. The monoisotopic (exact) mass is 341 g/mol. The Morgan fingerprint density at radius 3 is 2.56 bits per heavy atom. The molecule has 3 nitrogen and oxygen atoms in total. The lowest BCUT2D eigenvalue weighted by atomic mass is 10.1. The molecule has 0 radical (unpaired) electrons. The number of aryl methyl sites for hydroxylation is 2. The van der Waals surface area contributed by atoms with E-state index in [0.717, 1.165) is 28.8 Å². The van der Waals surface area contributed by atoms with Crippen molar-refractivity contribution < 1.29 is 13.2 Å². The number of benzene rings is 2. The maximum Gasteiger partial charge on any atom is 0.416 e. The third kappa shape index (κ3) is 3.41. The van der Waals surface area contributed by atoms with Crippen molar-refractivity contribution in [2.45, 2.75) is 20.0 Å². The SMILES string of the molecule is Cc1cc2nc(/C(C#N)=C/c3cccc(C(F)(F)F)c3)[nH]c2cc1C. The number of rotatable bonds is 2. The first-order valence-corrected chi connectivity index (χ1v) is 7.54. The Hall–Kier alpha value is -3.07. The molecule has 0 saturated carbocycles. The van der Waals surface area contributed by atoms with E-state index in [9.17, 15) is 18.4 Å². The molecular weight excluding hydrogens is 327 g/mol. The van der Waals surface area contributed by atoms with Gasteiger partial charge in [-0.2, -0.15) is 18.4 Å². The third-order valence-corrected chi connectivity index (χ3v) is 4.00. The van der Waals surface area contributed by atoms with Crippen LogP contribution in [0.25, 0.3) is 22.7 Å². The summed E-state index contributed by atoms with van der Waals surface area (Å²) in [6.45, 7) is 3.94. The Morgan fingerprint density at radius 2 is 1.88 bits per heavy atom. The summed E-state index contributed by atoms with van der Waals surface area (Å²) in [6, 6.07) is 10.7. The Labute approximate surface area is 142 Å². The van der Waals surface area contributed by atoms with E-state index in [-0.39, 0.29) is 5.57 Å². The number of H-pyrrole nitrogens is 1. The summed E-state index contributed by atoms with van der Waals surface area (Å²) in [4.78, 5) is 7.44. The van der Waals surface area contributed by atoms with Crippen molar-refractivity contribution in [2.75, 3.05) is 0 Å². The van der Waals surface area contributed by atoms with Gasteiger partial charge in [-0.05, 0) is 60.9 Å². The lowest BCUT2D eigenvalue weighted by Crippen LogP contribution is -2.04.